The Labute approximate surface area is 208 Å². The van der Waals surface area contributed by atoms with Crippen LogP contribution >= 0.6 is 11.6 Å². The Bertz CT molecular complexity index is 1240. The van der Waals surface area contributed by atoms with Gasteiger partial charge in [-0.25, -0.2) is 4.98 Å². The maximum atomic E-state index is 13.2. The largest absolute Gasteiger partial charge is 0.493 e. The number of carbonyl (C=O) groups excluding carboxylic acids is 2. The Morgan fingerprint density at radius 1 is 1.20 bits per heavy atom. The van der Waals surface area contributed by atoms with Gasteiger partial charge in [-0.2, -0.15) is 0 Å². The minimum atomic E-state index is -0.660. The van der Waals surface area contributed by atoms with E-state index in [9.17, 15) is 9.59 Å². The van der Waals surface area contributed by atoms with E-state index in [1.54, 1.807) is 43.7 Å². The van der Waals surface area contributed by atoms with Gasteiger partial charge >= 0.3 is 0 Å². The van der Waals surface area contributed by atoms with E-state index in [2.05, 4.69) is 15.3 Å². The van der Waals surface area contributed by atoms with Gasteiger partial charge in [-0.15, -0.1) is 0 Å². The van der Waals surface area contributed by atoms with Gasteiger partial charge in [0.1, 0.15) is 6.04 Å². The number of imidazole rings is 1. The molecule has 2 heterocycles. The third-order valence-corrected chi connectivity index (χ3v) is 6.15. The molecule has 0 fully saturated rings. The highest BCUT2D eigenvalue weighted by Gasteiger charge is 2.35. The molecule has 1 atom stereocenters. The van der Waals surface area contributed by atoms with E-state index in [1.165, 1.54) is 6.08 Å². The van der Waals surface area contributed by atoms with Crippen LogP contribution < -0.4 is 14.8 Å². The summed E-state index contributed by atoms with van der Waals surface area (Å²) < 4.78 is 10.6. The fraction of sp³-hybridized carbons (Fsp3) is 0.269. The number of carbonyl (C=O) groups is 2. The molecule has 4 rings (SSSR count). The molecule has 0 bridgehead atoms. The lowest BCUT2D eigenvalue weighted by Crippen LogP contribution is -2.52. The monoisotopic (exact) mass is 494 g/mol. The van der Waals surface area contributed by atoms with E-state index in [1.807, 2.05) is 30.3 Å². The first-order chi connectivity index (χ1) is 17.0. The standard InChI is InChI=1S/C26H27ClN4O4/c1-34-23-8-6-18(13-24(23)35-2)7-9-25(32)31-15-21-20(29-16-30-21)14-22(31)26(33)28-11-10-17-4-3-5-19(27)12-17/h3-9,12-13,16,22H,10-11,14-15H2,1-2H3,(H,28,33)(H,29,30)/b9-7+. The smallest absolute Gasteiger partial charge is 0.247 e. The Morgan fingerprint density at radius 3 is 2.80 bits per heavy atom. The van der Waals surface area contributed by atoms with Gasteiger partial charge in [-0.05, 0) is 47.9 Å². The van der Waals surface area contributed by atoms with Crippen molar-refractivity contribution in [1.29, 1.82) is 0 Å². The average Bonchev–Trinajstić information content (AvgIpc) is 3.34. The summed E-state index contributed by atoms with van der Waals surface area (Å²) >= 11 is 6.04. The van der Waals surface area contributed by atoms with Crippen LogP contribution in [0.3, 0.4) is 0 Å². The number of H-pyrrole nitrogens is 1. The first-order valence-electron chi connectivity index (χ1n) is 11.2. The van der Waals surface area contributed by atoms with Crippen LogP contribution in [-0.4, -0.2) is 53.5 Å². The fourth-order valence-corrected chi connectivity index (χ4v) is 4.27. The van der Waals surface area contributed by atoms with Crippen molar-refractivity contribution < 1.29 is 19.1 Å². The summed E-state index contributed by atoms with van der Waals surface area (Å²) in [6.07, 6.45) is 5.74. The topological polar surface area (TPSA) is 96.5 Å². The molecule has 0 spiro atoms. The van der Waals surface area contributed by atoms with Crippen LogP contribution in [0.2, 0.25) is 5.02 Å². The summed E-state index contributed by atoms with van der Waals surface area (Å²) in [5.41, 5.74) is 3.44. The van der Waals surface area contributed by atoms with Gasteiger partial charge in [-0.3, -0.25) is 9.59 Å². The lowest BCUT2D eigenvalue weighted by atomic mass is 10.0. The van der Waals surface area contributed by atoms with Crippen LogP contribution in [0.25, 0.3) is 6.08 Å². The number of benzene rings is 2. The molecular weight excluding hydrogens is 468 g/mol. The molecule has 0 radical (unpaired) electrons. The minimum Gasteiger partial charge on any atom is -0.493 e. The molecule has 0 aliphatic carbocycles. The Balaban J connectivity index is 1.46. The van der Waals surface area contributed by atoms with Gasteiger partial charge in [0.25, 0.3) is 0 Å². The molecule has 1 aromatic heterocycles. The molecule has 1 aliphatic rings. The van der Waals surface area contributed by atoms with Crippen LogP contribution in [-0.2, 0) is 29.0 Å². The maximum absolute atomic E-state index is 13.2. The zero-order chi connectivity index (χ0) is 24.8. The molecule has 3 aromatic rings. The highest BCUT2D eigenvalue weighted by atomic mass is 35.5. The number of amides is 2. The average molecular weight is 495 g/mol. The molecule has 8 nitrogen and oxygen atoms in total. The van der Waals surface area contributed by atoms with Crippen molar-refractivity contribution in [2.24, 2.45) is 0 Å². The van der Waals surface area contributed by atoms with Crippen LogP contribution in [0.15, 0.2) is 54.9 Å². The molecule has 35 heavy (non-hydrogen) atoms. The van der Waals surface area contributed by atoms with Gasteiger partial charge in [0.15, 0.2) is 11.5 Å². The highest BCUT2D eigenvalue weighted by molar-refractivity contribution is 6.30. The van der Waals surface area contributed by atoms with Crippen LogP contribution in [0.5, 0.6) is 11.5 Å². The highest BCUT2D eigenvalue weighted by Crippen LogP contribution is 2.28. The fourth-order valence-electron chi connectivity index (χ4n) is 4.06. The quantitative estimate of drug-likeness (QED) is 0.468. The number of aromatic amines is 1. The number of halogens is 1. The van der Waals surface area contributed by atoms with Crippen LogP contribution in [0.1, 0.15) is 22.5 Å². The first-order valence-corrected chi connectivity index (χ1v) is 11.6. The Hall–Kier alpha value is -3.78. The first kappa shape index (κ1) is 24.3. The number of nitrogens with one attached hydrogen (secondary N) is 2. The molecule has 2 amide bonds. The molecule has 9 heteroatoms. The molecule has 182 valence electrons. The summed E-state index contributed by atoms with van der Waals surface area (Å²) in [5, 5.41) is 3.62. The third-order valence-electron chi connectivity index (χ3n) is 5.91. The second-order valence-corrected chi connectivity index (χ2v) is 8.57. The van der Waals surface area contributed by atoms with Crippen molar-refractivity contribution in [2.45, 2.75) is 25.4 Å². The van der Waals surface area contributed by atoms with Gasteiger partial charge in [0, 0.05) is 24.1 Å². The van der Waals surface area contributed by atoms with E-state index >= 15 is 0 Å². The van der Waals surface area contributed by atoms with Gasteiger partial charge in [0.2, 0.25) is 11.8 Å². The van der Waals surface area contributed by atoms with Crippen molar-refractivity contribution in [3.8, 4) is 11.5 Å². The second kappa shape index (κ2) is 11.1. The second-order valence-electron chi connectivity index (χ2n) is 8.13. The van der Waals surface area contributed by atoms with E-state index in [0.29, 0.717) is 35.9 Å². The third kappa shape index (κ3) is 5.84. The summed E-state index contributed by atoms with van der Waals surface area (Å²) in [5.74, 6) is 0.691. The van der Waals surface area contributed by atoms with Crippen molar-refractivity contribution in [1.82, 2.24) is 20.2 Å². The van der Waals surface area contributed by atoms with Crippen LogP contribution in [0, 0.1) is 0 Å². The molecule has 0 saturated carbocycles. The number of rotatable bonds is 8. The number of fused-ring (bicyclic) bond motifs is 1. The predicted molar refractivity (Wildman–Crippen MR) is 133 cm³/mol. The molecule has 2 aromatic carbocycles. The van der Waals surface area contributed by atoms with Crippen molar-refractivity contribution in [3.63, 3.8) is 0 Å². The molecule has 2 N–H and O–H groups in total. The van der Waals surface area contributed by atoms with Crippen molar-refractivity contribution in [3.05, 3.63) is 82.4 Å². The van der Waals surface area contributed by atoms with E-state index in [4.69, 9.17) is 21.1 Å². The maximum Gasteiger partial charge on any atom is 0.247 e. The zero-order valence-electron chi connectivity index (χ0n) is 19.6. The lowest BCUT2D eigenvalue weighted by molar-refractivity contribution is -0.138. The summed E-state index contributed by atoms with van der Waals surface area (Å²) in [7, 11) is 3.12. The normalized spacial score (nSPS) is 15.1. The Kier molecular flexibility index (Phi) is 7.72. The number of methoxy groups -OCH3 is 2. The van der Waals surface area contributed by atoms with Gasteiger partial charge in [-0.1, -0.05) is 29.8 Å². The zero-order valence-corrected chi connectivity index (χ0v) is 20.3. The summed E-state index contributed by atoms with van der Waals surface area (Å²) in [6, 6.07) is 12.3. The van der Waals surface area contributed by atoms with Gasteiger partial charge < -0.3 is 24.7 Å². The lowest BCUT2D eigenvalue weighted by Gasteiger charge is -2.33. The molecule has 1 aliphatic heterocycles. The van der Waals surface area contributed by atoms with E-state index < -0.39 is 6.04 Å². The SMILES string of the molecule is COc1ccc(/C=C/C(=O)N2Cc3[nH]cnc3CC2C(=O)NCCc2cccc(Cl)c2)cc1OC. The number of hydrogen-bond acceptors (Lipinski definition) is 5. The van der Waals surface area contributed by atoms with Gasteiger partial charge in [0.05, 0.1) is 38.5 Å². The van der Waals surface area contributed by atoms with Crippen molar-refractivity contribution in [2.75, 3.05) is 20.8 Å². The summed E-state index contributed by atoms with van der Waals surface area (Å²) in [4.78, 5) is 35.2. The number of aromatic nitrogens is 2. The molecule has 0 saturated heterocycles. The minimum absolute atomic E-state index is 0.214. The van der Waals surface area contributed by atoms with E-state index in [0.717, 1.165) is 22.5 Å². The van der Waals surface area contributed by atoms with Crippen molar-refractivity contribution >= 4 is 29.5 Å². The Morgan fingerprint density at radius 2 is 2.03 bits per heavy atom. The number of nitrogens with zero attached hydrogens (tertiary/aromatic N) is 2. The molecular formula is C26H27ClN4O4. The number of ether oxygens (including phenoxy) is 2. The number of hydrogen-bond donors (Lipinski definition) is 2. The van der Waals surface area contributed by atoms with E-state index in [-0.39, 0.29) is 18.4 Å². The molecule has 1 unspecified atom stereocenters. The summed E-state index contributed by atoms with van der Waals surface area (Å²) in [6.45, 7) is 0.712. The predicted octanol–water partition coefficient (Wildman–Crippen LogP) is 3.41. The van der Waals surface area contributed by atoms with Crippen LogP contribution in [0.4, 0.5) is 0 Å².